The molecular formula is C17H16FN3O4S. The quantitative estimate of drug-likeness (QED) is 0.684. The van der Waals surface area contributed by atoms with Crippen molar-refractivity contribution in [2.75, 3.05) is 12.4 Å². The number of nitrogens with one attached hydrogen (secondary N) is 1. The Morgan fingerprint density at radius 3 is 2.62 bits per heavy atom. The molecule has 2 aromatic carbocycles. The summed E-state index contributed by atoms with van der Waals surface area (Å²) in [5.74, 6) is 0.0824. The largest absolute Gasteiger partial charge is 0.423 e. The first kappa shape index (κ1) is 18.1. The summed E-state index contributed by atoms with van der Waals surface area (Å²) in [5.41, 5.74) is 1.79. The van der Waals surface area contributed by atoms with Crippen LogP contribution in [0.15, 0.2) is 58.0 Å². The van der Waals surface area contributed by atoms with Gasteiger partial charge in [0.2, 0.25) is 10.0 Å². The van der Waals surface area contributed by atoms with Crippen molar-refractivity contribution in [3.63, 3.8) is 0 Å². The molecule has 1 heterocycles. The molecule has 3 N–H and O–H groups in total. The minimum atomic E-state index is -3.86. The van der Waals surface area contributed by atoms with E-state index in [1.807, 2.05) is 0 Å². The van der Waals surface area contributed by atoms with Crippen molar-refractivity contribution < 1.29 is 22.0 Å². The fourth-order valence-electron chi connectivity index (χ4n) is 2.32. The predicted octanol–water partition coefficient (Wildman–Crippen LogP) is 3.02. The first-order valence-corrected chi connectivity index (χ1v) is 9.05. The Labute approximate surface area is 149 Å². The normalized spacial score (nSPS) is 11.5. The molecule has 3 rings (SSSR count). The van der Waals surface area contributed by atoms with Crippen LogP contribution >= 0.6 is 0 Å². The first-order chi connectivity index (χ1) is 12.4. The number of aromatic nitrogens is 1. The topological polar surface area (TPSA) is 107 Å². The number of methoxy groups -OCH3 is 1. The van der Waals surface area contributed by atoms with Gasteiger partial charge in [-0.15, -0.1) is 0 Å². The van der Waals surface area contributed by atoms with Crippen molar-refractivity contribution in [3.05, 3.63) is 60.0 Å². The van der Waals surface area contributed by atoms with Gasteiger partial charge < -0.3 is 14.5 Å². The van der Waals surface area contributed by atoms with E-state index in [0.717, 1.165) is 0 Å². The van der Waals surface area contributed by atoms with E-state index in [1.54, 1.807) is 18.2 Å². The summed E-state index contributed by atoms with van der Waals surface area (Å²) >= 11 is 0. The summed E-state index contributed by atoms with van der Waals surface area (Å²) in [6.07, 6.45) is 1.48. The average molecular weight is 377 g/mol. The highest BCUT2D eigenvalue weighted by Crippen LogP contribution is 2.28. The van der Waals surface area contributed by atoms with Crippen molar-refractivity contribution in [1.29, 1.82) is 0 Å². The number of nitrogens with two attached hydrogens (primary N) is 1. The molecule has 0 aliphatic rings. The molecule has 0 saturated heterocycles. The zero-order valence-corrected chi connectivity index (χ0v) is 14.6. The summed E-state index contributed by atoms with van der Waals surface area (Å²) in [6, 6.07) is 10.3. The number of anilines is 2. The maximum Gasteiger partial charge on any atom is 0.299 e. The highest BCUT2D eigenvalue weighted by molar-refractivity contribution is 7.89. The van der Waals surface area contributed by atoms with E-state index < -0.39 is 10.0 Å². The number of rotatable bonds is 6. The molecule has 1 aromatic heterocycles. The van der Waals surface area contributed by atoms with Crippen LogP contribution in [0.5, 0.6) is 0 Å². The summed E-state index contributed by atoms with van der Waals surface area (Å²) in [4.78, 5) is 4.06. The number of ether oxygens (including phenoxy) is 1. The third kappa shape index (κ3) is 4.07. The fourth-order valence-corrected chi connectivity index (χ4v) is 2.86. The lowest BCUT2D eigenvalue weighted by Gasteiger charge is -2.10. The summed E-state index contributed by atoms with van der Waals surface area (Å²) < 4.78 is 46.9. The van der Waals surface area contributed by atoms with Gasteiger partial charge in [-0.3, -0.25) is 0 Å². The van der Waals surface area contributed by atoms with Gasteiger partial charge >= 0.3 is 0 Å². The molecule has 0 saturated carbocycles. The number of sulfonamides is 1. The van der Waals surface area contributed by atoms with Crippen molar-refractivity contribution in [2.24, 2.45) is 5.14 Å². The summed E-state index contributed by atoms with van der Waals surface area (Å²) in [5, 5.41) is 8.10. The van der Waals surface area contributed by atoms with Gasteiger partial charge in [0.05, 0.1) is 17.7 Å². The van der Waals surface area contributed by atoms with E-state index in [9.17, 15) is 12.8 Å². The first-order valence-electron chi connectivity index (χ1n) is 7.50. The van der Waals surface area contributed by atoms with Crippen LogP contribution in [0, 0.1) is 5.82 Å². The van der Waals surface area contributed by atoms with Crippen LogP contribution in [0.3, 0.4) is 0 Å². The minimum Gasteiger partial charge on any atom is -0.423 e. The maximum absolute atomic E-state index is 13.0. The molecule has 0 aliphatic heterocycles. The van der Waals surface area contributed by atoms with Crippen LogP contribution in [-0.4, -0.2) is 20.5 Å². The van der Waals surface area contributed by atoms with Gasteiger partial charge in [-0.2, -0.15) is 0 Å². The molecule has 0 aliphatic carbocycles. The second kappa shape index (κ2) is 7.24. The van der Waals surface area contributed by atoms with E-state index in [1.165, 1.54) is 37.6 Å². The zero-order valence-electron chi connectivity index (χ0n) is 13.8. The highest BCUT2D eigenvalue weighted by atomic mass is 32.2. The zero-order chi connectivity index (χ0) is 18.7. The third-order valence-corrected chi connectivity index (χ3v) is 4.50. The fraction of sp³-hybridized carbons (Fsp3) is 0.118. The van der Waals surface area contributed by atoms with E-state index in [4.69, 9.17) is 14.3 Å². The number of nitrogens with zero attached hydrogens (tertiary/aromatic N) is 1. The number of benzene rings is 2. The van der Waals surface area contributed by atoms with Gasteiger partial charge in [0.1, 0.15) is 5.82 Å². The monoisotopic (exact) mass is 377 g/mol. The van der Waals surface area contributed by atoms with Crippen LogP contribution in [0.2, 0.25) is 0 Å². The SMILES string of the molecule is COCc1ccc(S(N)(=O)=O)cc1Nc1ncc(-c2ccc(F)cc2)o1. The molecule has 9 heteroatoms. The van der Waals surface area contributed by atoms with Gasteiger partial charge in [-0.25, -0.2) is 22.9 Å². The molecule has 136 valence electrons. The van der Waals surface area contributed by atoms with E-state index in [2.05, 4.69) is 10.3 Å². The highest BCUT2D eigenvalue weighted by Gasteiger charge is 2.14. The number of oxazole rings is 1. The molecule has 0 amide bonds. The Morgan fingerprint density at radius 1 is 1.23 bits per heavy atom. The van der Waals surface area contributed by atoms with Gasteiger partial charge in [-0.05, 0) is 36.4 Å². The average Bonchev–Trinajstić information content (AvgIpc) is 3.05. The lowest BCUT2D eigenvalue weighted by Crippen LogP contribution is -2.13. The standard InChI is InChI=1S/C17H16FN3O4S/c1-24-10-12-4-7-14(26(19,22)23)8-15(12)21-17-20-9-16(25-17)11-2-5-13(18)6-3-11/h2-9H,10H2,1H3,(H,20,21)(H2,19,22,23). The van der Waals surface area contributed by atoms with Gasteiger partial charge in [0.15, 0.2) is 5.76 Å². The van der Waals surface area contributed by atoms with Gasteiger partial charge in [0.25, 0.3) is 6.01 Å². The van der Waals surface area contributed by atoms with Crippen LogP contribution in [0.25, 0.3) is 11.3 Å². The molecule has 7 nitrogen and oxygen atoms in total. The van der Waals surface area contributed by atoms with Gasteiger partial charge in [0, 0.05) is 23.9 Å². The number of primary sulfonamides is 1. The van der Waals surface area contributed by atoms with Crippen LogP contribution < -0.4 is 10.5 Å². The Morgan fingerprint density at radius 2 is 1.96 bits per heavy atom. The molecule has 0 spiro atoms. The molecule has 0 atom stereocenters. The van der Waals surface area contributed by atoms with Crippen molar-refractivity contribution in [3.8, 4) is 11.3 Å². The van der Waals surface area contributed by atoms with Crippen LogP contribution in [0.4, 0.5) is 16.1 Å². The maximum atomic E-state index is 13.0. The van der Waals surface area contributed by atoms with Crippen LogP contribution in [-0.2, 0) is 21.4 Å². The van der Waals surface area contributed by atoms with Crippen molar-refractivity contribution in [2.45, 2.75) is 11.5 Å². The molecular weight excluding hydrogens is 361 g/mol. The lowest BCUT2D eigenvalue weighted by atomic mass is 10.2. The smallest absolute Gasteiger partial charge is 0.299 e. The van der Waals surface area contributed by atoms with E-state index >= 15 is 0 Å². The van der Waals surface area contributed by atoms with Crippen molar-refractivity contribution >= 4 is 21.7 Å². The molecule has 0 radical (unpaired) electrons. The molecule has 3 aromatic rings. The second-order valence-corrected chi connectivity index (χ2v) is 7.02. The summed E-state index contributed by atoms with van der Waals surface area (Å²) in [7, 11) is -2.34. The van der Waals surface area contributed by atoms with Crippen molar-refractivity contribution in [1.82, 2.24) is 4.98 Å². The minimum absolute atomic E-state index is 0.0508. The number of hydrogen-bond acceptors (Lipinski definition) is 6. The Kier molecular flexibility index (Phi) is 5.03. The van der Waals surface area contributed by atoms with Crippen LogP contribution in [0.1, 0.15) is 5.56 Å². The number of hydrogen-bond donors (Lipinski definition) is 2. The summed E-state index contributed by atoms with van der Waals surface area (Å²) in [6.45, 7) is 0.249. The Balaban J connectivity index is 1.91. The molecule has 26 heavy (non-hydrogen) atoms. The molecule has 0 unspecified atom stereocenters. The number of halogens is 1. The Bertz CT molecular complexity index is 1020. The molecule has 0 fully saturated rings. The molecule has 0 bridgehead atoms. The Hall–Kier alpha value is -2.75. The predicted molar refractivity (Wildman–Crippen MR) is 93.7 cm³/mol. The lowest BCUT2D eigenvalue weighted by molar-refractivity contribution is 0.185. The van der Waals surface area contributed by atoms with E-state index in [-0.39, 0.29) is 23.3 Å². The third-order valence-electron chi connectivity index (χ3n) is 3.59. The second-order valence-electron chi connectivity index (χ2n) is 5.46. The van der Waals surface area contributed by atoms with Gasteiger partial charge in [-0.1, -0.05) is 6.07 Å². The van der Waals surface area contributed by atoms with E-state index in [0.29, 0.717) is 22.6 Å².